The zero-order valence-corrected chi connectivity index (χ0v) is 10.4. The van der Waals surface area contributed by atoms with Crippen LogP contribution in [0.3, 0.4) is 0 Å². The van der Waals surface area contributed by atoms with Gasteiger partial charge in [0.05, 0.1) is 5.39 Å². The molecule has 0 spiro atoms. The van der Waals surface area contributed by atoms with E-state index >= 15 is 0 Å². The normalized spacial score (nSPS) is 10.8. The lowest BCUT2D eigenvalue weighted by Crippen LogP contribution is -2.03. The van der Waals surface area contributed by atoms with Crippen molar-refractivity contribution in [3.05, 3.63) is 64.5 Å². The van der Waals surface area contributed by atoms with Crippen molar-refractivity contribution in [1.82, 2.24) is 0 Å². The summed E-state index contributed by atoms with van der Waals surface area (Å²) in [5.74, 6) is -0.0267. The maximum atomic E-state index is 12.0. The average molecular weight is 252 g/mol. The van der Waals surface area contributed by atoms with Crippen molar-refractivity contribution in [2.75, 3.05) is 0 Å². The largest absolute Gasteiger partial charge is 0.506 e. The van der Waals surface area contributed by atoms with Gasteiger partial charge < -0.3 is 9.52 Å². The third-order valence-electron chi connectivity index (χ3n) is 3.10. The second-order valence-corrected chi connectivity index (χ2v) is 4.48. The molecule has 0 aliphatic carbocycles. The summed E-state index contributed by atoms with van der Waals surface area (Å²) in [6.07, 6.45) is 0. The number of rotatable bonds is 1. The minimum absolute atomic E-state index is 0.0267. The number of hydrogen-bond acceptors (Lipinski definition) is 3. The van der Waals surface area contributed by atoms with Gasteiger partial charge in [-0.25, -0.2) is 4.79 Å². The van der Waals surface area contributed by atoms with Crippen molar-refractivity contribution in [3.63, 3.8) is 0 Å². The molecule has 19 heavy (non-hydrogen) atoms. The zero-order valence-electron chi connectivity index (χ0n) is 10.4. The number of hydrogen-bond donors (Lipinski definition) is 1. The summed E-state index contributed by atoms with van der Waals surface area (Å²) < 4.78 is 5.27. The highest BCUT2D eigenvalue weighted by atomic mass is 16.4. The van der Waals surface area contributed by atoms with Crippen LogP contribution >= 0.6 is 0 Å². The summed E-state index contributed by atoms with van der Waals surface area (Å²) >= 11 is 0. The summed E-state index contributed by atoms with van der Waals surface area (Å²) in [5, 5.41) is 10.9. The Hall–Kier alpha value is -2.55. The highest BCUT2D eigenvalue weighted by Gasteiger charge is 2.15. The molecule has 0 atom stereocenters. The highest BCUT2D eigenvalue weighted by Crippen LogP contribution is 2.33. The molecule has 0 aliphatic heterocycles. The van der Waals surface area contributed by atoms with Crippen LogP contribution in [0.2, 0.25) is 0 Å². The second-order valence-electron chi connectivity index (χ2n) is 4.48. The molecule has 1 heterocycles. The van der Waals surface area contributed by atoms with Crippen LogP contribution < -0.4 is 5.63 Å². The van der Waals surface area contributed by atoms with Crippen LogP contribution in [0.5, 0.6) is 5.75 Å². The Balaban J connectivity index is 2.40. The molecule has 0 fully saturated rings. The maximum Gasteiger partial charge on any atom is 0.347 e. The van der Waals surface area contributed by atoms with E-state index in [2.05, 4.69) is 0 Å². The molecular weight excluding hydrogens is 240 g/mol. The summed E-state index contributed by atoms with van der Waals surface area (Å²) in [4.78, 5) is 12.0. The smallest absolute Gasteiger partial charge is 0.347 e. The van der Waals surface area contributed by atoms with E-state index in [9.17, 15) is 9.90 Å². The lowest BCUT2D eigenvalue weighted by Gasteiger charge is -2.06. The zero-order chi connectivity index (χ0) is 13.4. The SMILES string of the molecule is Cc1ccc2oc(=O)c(-c3ccccc3)c(O)c2c1. The lowest BCUT2D eigenvalue weighted by atomic mass is 10.0. The fraction of sp³-hybridized carbons (Fsp3) is 0.0625. The van der Waals surface area contributed by atoms with Gasteiger partial charge in [-0.2, -0.15) is 0 Å². The van der Waals surface area contributed by atoms with Crippen molar-refractivity contribution >= 4 is 11.0 Å². The Morgan fingerprint density at radius 1 is 1.05 bits per heavy atom. The minimum atomic E-state index is -0.528. The first kappa shape index (κ1) is 11.5. The maximum absolute atomic E-state index is 12.0. The van der Waals surface area contributed by atoms with E-state index in [1.165, 1.54) is 0 Å². The molecule has 3 nitrogen and oxygen atoms in total. The van der Waals surface area contributed by atoms with E-state index in [0.717, 1.165) is 5.56 Å². The van der Waals surface area contributed by atoms with Crippen LogP contribution in [0.1, 0.15) is 5.56 Å². The van der Waals surface area contributed by atoms with Crippen molar-refractivity contribution in [1.29, 1.82) is 0 Å². The van der Waals surface area contributed by atoms with Gasteiger partial charge in [0.2, 0.25) is 0 Å². The fourth-order valence-corrected chi connectivity index (χ4v) is 2.16. The monoisotopic (exact) mass is 252 g/mol. The fourth-order valence-electron chi connectivity index (χ4n) is 2.16. The van der Waals surface area contributed by atoms with Crippen LogP contribution in [0.25, 0.3) is 22.1 Å². The summed E-state index contributed by atoms with van der Waals surface area (Å²) in [6.45, 7) is 1.92. The van der Waals surface area contributed by atoms with Gasteiger partial charge in [0.1, 0.15) is 16.9 Å². The molecule has 0 unspecified atom stereocenters. The predicted molar refractivity (Wildman–Crippen MR) is 74.3 cm³/mol. The van der Waals surface area contributed by atoms with E-state index in [4.69, 9.17) is 4.42 Å². The van der Waals surface area contributed by atoms with Gasteiger partial charge >= 0.3 is 5.63 Å². The van der Waals surface area contributed by atoms with E-state index in [-0.39, 0.29) is 11.3 Å². The molecule has 1 N–H and O–H groups in total. The molecule has 3 heteroatoms. The van der Waals surface area contributed by atoms with Gasteiger partial charge in [-0.1, -0.05) is 42.0 Å². The third kappa shape index (κ3) is 1.89. The Bertz CT molecular complexity index is 801. The lowest BCUT2D eigenvalue weighted by molar-refractivity contribution is 0.471. The van der Waals surface area contributed by atoms with Gasteiger partial charge in [-0.05, 0) is 24.6 Å². The van der Waals surface area contributed by atoms with Crippen molar-refractivity contribution in [2.45, 2.75) is 6.92 Å². The number of benzene rings is 2. The van der Waals surface area contributed by atoms with Crippen molar-refractivity contribution in [2.24, 2.45) is 0 Å². The van der Waals surface area contributed by atoms with E-state index in [1.807, 2.05) is 31.2 Å². The molecule has 1 aromatic heterocycles. The first-order valence-corrected chi connectivity index (χ1v) is 5.98. The van der Waals surface area contributed by atoms with E-state index in [0.29, 0.717) is 16.5 Å². The van der Waals surface area contributed by atoms with E-state index < -0.39 is 5.63 Å². The Kier molecular flexibility index (Phi) is 2.60. The van der Waals surface area contributed by atoms with Crippen LogP contribution in [0.15, 0.2) is 57.7 Å². The molecular formula is C16H12O3. The molecule has 94 valence electrons. The summed E-state index contributed by atoms with van der Waals surface area (Å²) in [7, 11) is 0. The predicted octanol–water partition coefficient (Wildman–Crippen LogP) is 3.47. The molecule has 0 aliphatic rings. The van der Waals surface area contributed by atoms with Crippen molar-refractivity contribution in [3.8, 4) is 16.9 Å². The van der Waals surface area contributed by atoms with Gasteiger partial charge in [0.15, 0.2) is 0 Å². The molecule has 0 saturated heterocycles. The summed E-state index contributed by atoms with van der Waals surface area (Å²) in [6, 6.07) is 14.4. The van der Waals surface area contributed by atoms with E-state index in [1.54, 1.807) is 24.3 Å². The molecule has 3 rings (SSSR count). The van der Waals surface area contributed by atoms with Crippen LogP contribution in [-0.2, 0) is 0 Å². The molecule has 0 saturated carbocycles. The summed E-state index contributed by atoms with van der Waals surface area (Å²) in [5.41, 5.74) is 1.72. The molecule has 0 radical (unpaired) electrons. The van der Waals surface area contributed by atoms with Crippen LogP contribution in [0, 0.1) is 6.92 Å². The van der Waals surface area contributed by atoms with Gasteiger partial charge in [-0.3, -0.25) is 0 Å². The highest BCUT2D eigenvalue weighted by molar-refractivity contribution is 5.90. The molecule has 0 bridgehead atoms. The Morgan fingerprint density at radius 2 is 1.79 bits per heavy atom. The third-order valence-corrected chi connectivity index (χ3v) is 3.10. The second kappa shape index (κ2) is 4.28. The van der Waals surface area contributed by atoms with Gasteiger partial charge in [0, 0.05) is 0 Å². The van der Waals surface area contributed by atoms with Crippen molar-refractivity contribution < 1.29 is 9.52 Å². The average Bonchev–Trinajstić information content (AvgIpc) is 2.41. The molecule has 3 aromatic rings. The Morgan fingerprint density at radius 3 is 2.53 bits per heavy atom. The van der Waals surface area contributed by atoms with Crippen LogP contribution in [-0.4, -0.2) is 5.11 Å². The number of fused-ring (bicyclic) bond motifs is 1. The van der Waals surface area contributed by atoms with Crippen LogP contribution in [0.4, 0.5) is 0 Å². The number of aryl methyl sites for hydroxylation is 1. The minimum Gasteiger partial charge on any atom is -0.506 e. The molecule has 2 aromatic carbocycles. The quantitative estimate of drug-likeness (QED) is 0.674. The first-order chi connectivity index (χ1) is 9.16. The standard InChI is InChI=1S/C16H12O3/c1-10-7-8-13-12(9-10)15(17)14(16(18)19-13)11-5-3-2-4-6-11/h2-9,17H,1H3. The Labute approximate surface area is 109 Å². The molecule has 0 amide bonds. The van der Waals surface area contributed by atoms with Gasteiger partial charge in [-0.15, -0.1) is 0 Å². The first-order valence-electron chi connectivity index (χ1n) is 5.98. The van der Waals surface area contributed by atoms with Gasteiger partial charge in [0.25, 0.3) is 0 Å². The topological polar surface area (TPSA) is 50.4 Å². The number of aromatic hydroxyl groups is 1.